The molecule has 0 bridgehead atoms. The van der Waals surface area contributed by atoms with Crippen molar-refractivity contribution in [2.24, 2.45) is 7.05 Å². The molecule has 0 radical (unpaired) electrons. The summed E-state index contributed by atoms with van der Waals surface area (Å²) in [4.78, 5) is 15.9. The minimum Gasteiger partial charge on any atom is -0.493 e. The molecule has 0 spiro atoms. The van der Waals surface area contributed by atoms with E-state index in [4.69, 9.17) is 9.84 Å². The fourth-order valence-corrected chi connectivity index (χ4v) is 4.66. The third-order valence-electron chi connectivity index (χ3n) is 4.34. The normalized spacial score (nSPS) is 11.3. The first-order chi connectivity index (χ1) is 14.7. The second-order valence-corrected chi connectivity index (χ2v) is 9.55. The lowest BCUT2D eigenvalue weighted by molar-refractivity contribution is -0.137. The smallest absolute Gasteiger partial charge is 0.303 e. The van der Waals surface area contributed by atoms with E-state index in [9.17, 15) is 13.2 Å². The third kappa shape index (κ3) is 6.25. The number of ether oxygens (including phenoxy) is 1. The summed E-state index contributed by atoms with van der Waals surface area (Å²) >= 11 is 1.49. The zero-order valence-electron chi connectivity index (χ0n) is 17.1. The summed E-state index contributed by atoms with van der Waals surface area (Å²) in [5.41, 5.74) is 1.11. The maximum atomic E-state index is 12.8. The average Bonchev–Trinajstić information content (AvgIpc) is 3.11. The number of rotatable bonds is 10. The largest absolute Gasteiger partial charge is 0.493 e. The van der Waals surface area contributed by atoms with Crippen LogP contribution >= 0.6 is 11.8 Å². The van der Waals surface area contributed by atoms with Gasteiger partial charge in [0.05, 0.1) is 11.5 Å². The Hall–Kier alpha value is -2.98. The number of imidazole rings is 1. The Morgan fingerprint density at radius 3 is 2.58 bits per heavy atom. The van der Waals surface area contributed by atoms with Gasteiger partial charge in [-0.05, 0) is 61.4 Å². The van der Waals surface area contributed by atoms with E-state index in [0.29, 0.717) is 23.4 Å². The van der Waals surface area contributed by atoms with Crippen molar-refractivity contribution in [1.29, 1.82) is 0 Å². The molecule has 0 amide bonds. The van der Waals surface area contributed by atoms with E-state index in [1.165, 1.54) is 23.9 Å². The highest BCUT2D eigenvalue weighted by molar-refractivity contribution is 7.99. The second kappa shape index (κ2) is 9.88. The summed E-state index contributed by atoms with van der Waals surface area (Å²) in [6, 6.07) is 11.6. The number of aryl methyl sites for hydroxylation is 2. The van der Waals surface area contributed by atoms with Crippen molar-refractivity contribution in [2.45, 2.75) is 34.7 Å². The number of carboxylic acid groups (broad SMARTS) is 1. The Bertz CT molecular complexity index is 1160. The molecule has 31 heavy (non-hydrogen) atoms. The predicted octanol–water partition coefficient (Wildman–Crippen LogP) is 3.92. The quantitative estimate of drug-likeness (QED) is 0.440. The second-order valence-electron chi connectivity index (χ2n) is 6.83. The van der Waals surface area contributed by atoms with Crippen molar-refractivity contribution in [1.82, 2.24) is 9.55 Å². The highest BCUT2D eigenvalue weighted by Crippen LogP contribution is 2.28. The lowest BCUT2D eigenvalue weighted by atomic mass is 10.2. The molecule has 3 aromatic rings. The number of hydrogen-bond donors (Lipinski definition) is 2. The zero-order chi connectivity index (χ0) is 22.4. The highest BCUT2D eigenvalue weighted by atomic mass is 32.2. The molecule has 0 aliphatic carbocycles. The van der Waals surface area contributed by atoms with Gasteiger partial charge in [-0.2, -0.15) is 0 Å². The summed E-state index contributed by atoms with van der Waals surface area (Å²) < 4.78 is 35.5. The van der Waals surface area contributed by atoms with Crippen LogP contribution < -0.4 is 9.46 Å². The Labute approximate surface area is 185 Å². The molecule has 1 heterocycles. The lowest BCUT2D eigenvalue weighted by Gasteiger charge is -2.12. The van der Waals surface area contributed by atoms with Gasteiger partial charge in [-0.1, -0.05) is 11.8 Å². The first kappa shape index (κ1) is 22.7. The molecule has 0 saturated heterocycles. The Morgan fingerprint density at radius 2 is 1.97 bits per heavy atom. The first-order valence-electron chi connectivity index (χ1n) is 9.48. The molecule has 0 aliphatic rings. The molecule has 3 rings (SSSR count). The summed E-state index contributed by atoms with van der Waals surface area (Å²) in [7, 11) is -1.86. The standard InChI is InChI=1S/C21H23N3O5S2/c1-15-14-18(9-10-19(15)29-13-3-4-20(25)26)31(27,28)23-16-5-7-17(8-6-16)30-21-22-11-12-24(21)2/h5-12,14,23H,3-4,13H2,1-2H3,(H,25,26). The number of benzene rings is 2. The van der Waals surface area contributed by atoms with Crippen molar-refractivity contribution >= 4 is 33.4 Å². The number of hydrogen-bond acceptors (Lipinski definition) is 6. The number of nitrogens with zero attached hydrogens (tertiary/aromatic N) is 2. The number of carbonyl (C=O) groups is 1. The first-order valence-corrected chi connectivity index (χ1v) is 11.8. The zero-order valence-corrected chi connectivity index (χ0v) is 18.7. The monoisotopic (exact) mass is 461 g/mol. The van der Waals surface area contributed by atoms with Gasteiger partial charge >= 0.3 is 5.97 Å². The molecule has 1 aromatic heterocycles. The van der Waals surface area contributed by atoms with Crippen molar-refractivity contribution in [3.8, 4) is 5.75 Å². The van der Waals surface area contributed by atoms with Gasteiger partial charge in [-0.25, -0.2) is 13.4 Å². The minimum absolute atomic E-state index is 0.0223. The van der Waals surface area contributed by atoms with Gasteiger partial charge in [0.2, 0.25) is 0 Å². The molecule has 2 N–H and O–H groups in total. The molecule has 10 heteroatoms. The van der Waals surface area contributed by atoms with Crippen LogP contribution in [0.1, 0.15) is 18.4 Å². The van der Waals surface area contributed by atoms with Crippen molar-refractivity contribution in [3.63, 3.8) is 0 Å². The summed E-state index contributed by atoms with van der Waals surface area (Å²) in [6.45, 7) is 2.00. The topological polar surface area (TPSA) is 111 Å². The predicted molar refractivity (Wildman–Crippen MR) is 118 cm³/mol. The summed E-state index contributed by atoms with van der Waals surface area (Å²) in [6.07, 6.45) is 3.98. The SMILES string of the molecule is Cc1cc(S(=O)(=O)Nc2ccc(Sc3nccn3C)cc2)ccc1OCCCC(=O)O. The van der Waals surface area contributed by atoms with Crippen molar-refractivity contribution in [2.75, 3.05) is 11.3 Å². The van der Waals surface area contributed by atoms with Gasteiger partial charge in [-0.15, -0.1) is 0 Å². The summed E-state index contributed by atoms with van der Waals surface area (Å²) in [5.74, 6) is -0.351. The van der Waals surface area contributed by atoms with Crippen LogP contribution in [0.5, 0.6) is 5.75 Å². The Balaban J connectivity index is 1.64. The van der Waals surface area contributed by atoms with E-state index in [1.54, 1.807) is 31.3 Å². The Morgan fingerprint density at radius 1 is 1.23 bits per heavy atom. The fourth-order valence-electron chi connectivity index (χ4n) is 2.72. The molecule has 0 fully saturated rings. The molecule has 0 aliphatic heterocycles. The third-order valence-corrected chi connectivity index (χ3v) is 6.80. The number of aromatic nitrogens is 2. The van der Waals surface area contributed by atoms with Gasteiger partial charge in [0.1, 0.15) is 5.75 Å². The molecule has 0 atom stereocenters. The van der Waals surface area contributed by atoms with Crippen molar-refractivity contribution < 1.29 is 23.1 Å². The van der Waals surface area contributed by atoms with Crippen molar-refractivity contribution in [3.05, 3.63) is 60.4 Å². The van der Waals surface area contributed by atoms with E-state index < -0.39 is 16.0 Å². The molecular formula is C21H23N3O5S2. The lowest BCUT2D eigenvalue weighted by Crippen LogP contribution is -2.13. The van der Waals surface area contributed by atoms with Crippen LogP contribution in [0.3, 0.4) is 0 Å². The molecule has 8 nitrogen and oxygen atoms in total. The van der Waals surface area contributed by atoms with Gasteiger partial charge in [0, 0.05) is 36.4 Å². The molecular weight excluding hydrogens is 438 g/mol. The maximum absolute atomic E-state index is 12.8. The van der Waals surface area contributed by atoms with E-state index in [2.05, 4.69) is 9.71 Å². The molecule has 2 aromatic carbocycles. The maximum Gasteiger partial charge on any atom is 0.303 e. The van der Waals surface area contributed by atoms with Crippen LogP contribution in [-0.2, 0) is 21.9 Å². The number of anilines is 1. The van der Waals surface area contributed by atoms with Crippen LogP contribution in [0.15, 0.2) is 69.8 Å². The summed E-state index contributed by atoms with van der Waals surface area (Å²) in [5, 5.41) is 9.50. The number of sulfonamides is 1. The van der Waals surface area contributed by atoms with Crippen LogP contribution in [-0.4, -0.2) is 35.7 Å². The van der Waals surface area contributed by atoms with Gasteiger partial charge in [-0.3, -0.25) is 9.52 Å². The van der Waals surface area contributed by atoms with Gasteiger partial charge in [0.25, 0.3) is 10.0 Å². The average molecular weight is 462 g/mol. The number of carboxylic acids is 1. The van der Waals surface area contributed by atoms with E-state index >= 15 is 0 Å². The fraction of sp³-hybridized carbons (Fsp3) is 0.238. The van der Waals surface area contributed by atoms with E-state index in [-0.39, 0.29) is 17.9 Å². The van der Waals surface area contributed by atoms with Crippen LogP contribution in [0.4, 0.5) is 5.69 Å². The van der Waals surface area contributed by atoms with Crippen LogP contribution in [0.25, 0.3) is 0 Å². The van der Waals surface area contributed by atoms with E-state index in [0.717, 1.165) is 10.1 Å². The highest BCUT2D eigenvalue weighted by Gasteiger charge is 2.16. The Kier molecular flexibility index (Phi) is 7.24. The number of nitrogens with one attached hydrogen (secondary N) is 1. The van der Waals surface area contributed by atoms with Crippen LogP contribution in [0, 0.1) is 6.92 Å². The molecule has 0 saturated carbocycles. The van der Waals surface area contributed by atoms with E-state index in [1.807, 2.05) is 29.9 Å². The molecule has 164 valence electrons. The minimum atomic E-state index is -3.77. The van der Waals surface area contributed by atoms with Gasteiger partial charge in [0.15, 0.2) is 5.16 Å². The number of aliphatic carboxylic acids is 1. The van der Waals surface area contributed by atoms with Crippen LogP contribution in [0.2, 0.25) is 0 Å². The van der Waals surface area contributed by atoms with Gasteiger partial charge < -0.3 is 14.4 Å². The molecule has 0 unspecified atom stereocenters.